The molecule has 1 aromatic rings. The van der Waals surface area contributed by atoms with Crippen LogP contribution < -0.4 is 5.46 Å². The molecule has 4 nitrogen and oxygen atoms in total. The molecule has 5 heteroatoms. The van der Waals surface area contributed by atoms with Crippen LogP contribution in [0.5, 0.6) is 5.75 Å². The molecule has 0 saturated heterocycles. The van der Waals surface area contributed by atoms with E-state index in [1.807, 2.05) is 0 Å². The molecule has 0 amide bonds. The number of phenolic OH excluding ortho intramolecular Hbond substituents is 1. The van der Waals surface area contributed by atoms with Gasteiger partial charge in [0.2, 0.25) is 0 Å². The van der Waals surface area contributed by atoms with Gasteiger partial charge in [0.25, 0.3) is 0 Å². The highest BCUT2D eigenvalue weighted by atomic mass is 16.4. The molecule has 1 rings (SSSR count). The second-order valence-corrected chi connectivity index (χ2v) is 2.30. The third-order valence-electron chi connectivity index (χ3n) is 1.48. The van der Waals surface area contributed by atoms with Crippen LogP contribution in [0.3, 0.4) is 0 Å². The van der Waals surface area contributed by atoms with Gasteiger partial charge in [-0.2, -0.15) is 0 Å². The van der Waals surface area contributed by atoms with Crippen molar-refractivity contribution in [2.45, 2.75) is 0 Å². The molecule has 0 bridgehead atoms. The van der Waals surface area contributed by atoms with Crippen molar-refractivity contribution in [2.75, 3.05) is 0 Å². The topological polar surface area (TPSA) is 77.8 Å². The van der Waals surface area contributed by atoms with Crippen LogP contribution >= 0.6 is 0 Å². The maximum Gasteiger partial charge on any atom is 0.489 e. The molecular formula is C7H7BO4. The molecule has 0 fully saturated rings. The maximum atomic E-state index is 10.4. The Labute approximate surface area is 69.2 Å². The van der Waals surface area contributed by atoms with Crippen molar-refractivity contribution in [3.63, 3.8) is 0 Å². The van der Waals surface area contributed by atoms with E-state index in [0.717, 1.165) is 0 Å². The highest BCUT2D eigenvalue weighted by Gasteiger charge is 2.15. The molecule has 0 saturated carbocycles. The number of aromatic hydroxyl groups is 1. The Kier molecular flexibility index (Phi) is 2.47. The molecule has 0 heterocycles. The number of phenols is 1. The van der Waals surface area contributed by atoms with Gasteiger partial charge in [0, 0.05) is 5.56 Å². The van der Waals surface area contributed by atoms with Gasteiger partial charge in [0.15, 0.2) is 0 Å². The number of carbonyl (C=O) groups excluding carboxylic acids is 1. The van der Waals surface area contributed by atoms with Crippen molar-refractivity contribution in [1.82, 2.24) is 0 Å². The van der Waals surface area contributed by atoms with Gasteiger partial charge < -0.3 is 15.2 Å². The summed E-state index contributed by atoms with van der Waals surface area (Å²) in [7, 11) is -1.69. The Morgan fingerprint density at radius 3 is 2.50 bits per heavy atom. The zero-order chi connectivity index (χ0) is 9.14. The Morgan fingerprint density at radius 2 is 2.00 bits per heavy atom. The Balaban J connectivity index is 3.20. The minimum absolute atomic E-state index is 0.0741. The maximum absolute atomic E-state index is 10.4. The number of benzene rings is 1. The summed E-state index contributed by atoms with van der Waals surface area (Å²) < 4.78 is 0. The predicted molar refractivity (Wildman–Crippen MR) is 43.3 cm³/mol. The largest absolute Gasteiger partial charge is 0.508 e. The van der Waals surface area contributed by atoms with E-state index in [2.05, 4.69) is 0 Å². The van der Waals surface area contributed by atoms with E-state index >= 15 is 0 Å². The van der Waals surface area contributed by atoms with Crippen LogP contribution in [0.4, 0.5) is 0 Å². The lowest BCUT2D eigenvalue weighted by molar-refractivity contribution is 0.112. The van der Waals surface area contributed by atoms with Crippen molar-refractivity contribution in [2.24, 2.45) is 0 Å². The van der Waals surface area contributed by atoms with E-state index in [1.165, 1.54) is 18.2 Å². The molecule has 1 aromatic carbocycles. The summed E-state index contributed by atoms with van der Waals surface area (Å²) in [4.78, 5) is 10.4. The molecule has 0 aliphatic carbocycles. The fraction of sp³-hybridized carbons (Fsp3) is 0. The first-order chi connectivity index (χ1) is 5.65. The average molecular weight is 166 g/mol. The summed E-state index contributed by atoms with van der Waals surface area (Å²) in [5.74, 6) is -0.0819. The van der Waals surface area contributed by atoms with Gasteiger partial charge in [0.05, 0.1) is 0 Å². The van der Waals surface area contributed by atoms with E-state index < -0.39 is 7.12 Å². The molecule has 0 radical (unpaired) electrons. The first-order valence-electron chi connectivity index (χ1n) is 3.29. The summed E-state index contributed by atoms with van der Waals surface area (Å²) in [6.07, 6.45) is 0.453. The minimum Gasteiger partial charge on any atom is -0.508 e. The molecule has 0 atom stereocenters. The van der Waals surface area contributed by atoms with E-state index in [4.69, 9.17) is 15.2 Å². The molecule has 3 N–H and O–H groups in total. The number of hydrogen-bond donors (Lipinski definition) is 3. The monoisotopic (exact) mass is 166 g/mol. The average Bonchev–Trinajstić information content (AvgIpc) is 2.03. The Hall–Kier alpha value is -1.33. The van der Waals surface area contributed by atoms with Crippen molar-refractivity contribution in [3.05, 3.63) is 23.8 Å². The van der Waals surface area contributed by atoms with Gasteiger partial charge in [-0.15, -0.1) is 0 Å². The summed E-state index contributed by atoms with van der Waals surface area (Å²) in [6, 6.07) is 3.73. The summed E-state index contributed by atoms with van der Waals surface area (Å²) in [5, 5.41) is 26.4. The van der Waals surface area contributed by atoms with Crippen LogP contribution in [0.1, 0.15) is 10.4 Å². The molecule has 0 spiro atoms. The van der Waals surface area contributed by atoms with E-state index in [1.54, 1.807) is 0 Å². The van der Waals surface area contributed by atoms with Gasteiger partial charge in [-0.25, -0.2) is 0 Å². The van der Waals surface area contributed by atoms with Crippen LogP contribution in [0, 0.1) is 0 Å². The highest BCUT2D eigenvalue weighted by Crippen LogP contribution is 2.07. The number of hydrogen-bond acceptors (Lipinski definition) is 4. The first kappa shape index (κ1) is 8.77. The summed E-state index contributed by atoms with van der Waals surface area (Å²) >= 11 is 0. The smallest absolute Gasteiger partial charge is 0.489 e. The SMILES string of the molecule is O=Cc1cc(O)ccc1B(O)O. The molecule has 0 aliphatic heterocycles. The zero-order valence-electron chi connectivity index (χ0n) is 6.14. The van der Waals surface area contributed by atoms with E-state index in [9.17, 15) is 4.79 Å². The second-order valence-electron chi connectivity index (χ2n) is 2.30. The normalized spacial score (nSPS) is 9.50. The van der Waals surface area contributed by atoms with Crippen LogP contribution in [0.15, 0.2) is 18.2 Å². The van der Waals surface area contributed by atoms with Gasteiger partial charge in [-0.3, -0.25) is 4.79 Å². The van der Waals surface area contributed by atoms with Crippen LogP contribution in [0.25, 0.3) is 0 Å². The quantitative estimate of drug-likeness (QED) is 0.384. The lowest BCUT2D eigenvalue weighted by atomic mass is 9.77. The van der Waals surface area contributed by atoms with E-state index in [-0.39, 0.29) is 16.8 Å². The molecule has 0 aliphatic rings. The predicted octanol–water partition coefficient (Wildman–Crippen LogP) is -1.12. The molecule has 0 aromatic heterocycles. The third kappa shape index (κ3) is 1.64. The first-order valence-corrected chi connectivity index (χ1v) is 3.29. The van der Waals surface area contributed by atoms with Crippen molar-refractivity contribution in [3.8, 4) is 5.75 Å². The minimum atomic E-state index is -1.69. The zero-order valence-corrected chi connectivity index (χ0v) is 6.14. The molecular weight excluding hydrogens is 159 g/mol. The third-order valence-corrected chi connectivity index (χ3v) is 1.48. The van der Waals surface area contributed by atoms with Crippen LogP contribution in [-0.2, 0) is 0 Å². The van der Waals surface area contributed by atoms with Crippen LogP contribution in [-0.4, -0.2) is 28.6 Å². The molecule has 12 heavy (non-hydrogen) atoms. The van der Waals surface area contributed by atoms with Crippen molar-refractivity contribution >= 4 is 18.9 Å². The van der Waals surface area contributed by atoms with Crippen molar-refractivity contribution in [1.29, 1.82) is 0 Å². The standard InChI is InChI=1S/C7H7BO4/c9-4-5-3-6(10)1-2-7(5)8(11)12/h1-4,10-12H. The van der Waals surface area contributed by atoms with Gasteiger partial charge >= 0.3 is 7.12 Å². The highest BCUT2D eigenvalue weighted by molar-refractivity contribution is 6.60. The number of aldehydes is 1. The van der Waals surface area contributed by atoms with E-state index in [0.29, 0.717) is 6.29 Å². The summed E-state index contributed by atoms with van der Waals surface area (Å²) in [5.41, 5.74) is 0.160. The Morgan fingerprint density at radius 1 is 1.33 bits per heavy atom. The van der Waals surface area contributed by atoms with Gasteiger partial charge in [0.1, 0.15) is 12.0 Å². The second kappa shape index (κ2) is 3.38. The number of carbonyl (C=O) groups is 1. The van der Waals surface area contributed by atoms with Crippen molar-refractivity contribution < 1.29 is 19.9 Å². The fourth-order valence-electron chi connectivity index (χ4n) is 0.899. The van der Waals surface area contributed by atoms with Gasteiger partial charge in [-0.05, 0) is 17.6 Å². The van der Waals surface area contributed by atoms with Gasteiger partial charge in [-0.1, -0.05) is 6.07 Å². The molecule has 0 unspecified atom stereocenters. The fourth-order valence-corrected chi connectivity index (χ4v) is 0.899. The lowest BCUT2D eigenvalue weighted by Crippen LogP contribution is -2.32. The number of rotatable bonds is 2. The Bertz CT molecular complexity index is 297. The molecule has 62 valence electrons. The lowest BCUT2D eigenvalue weighted by Gasteiger charge is -2.02. The van der Waals surface area contributed by atoms with Crippen LogP contribution in [0.2, 0.25) is 0 Å². The summed E-state index contributed by atoms with van der Waals surface area (Å²) in [6.45, 7) is 0.